The molecule has 2 aliphatic carbocycles. The minimum Gasteiger partial charge on any atom is -0.0654 e. The van der Waals surface area contributed by atoms with Gasteiger partial charge in [0.25, 0.3) is 0 Å². The first kappa shape index (κ1) is 25.3. The third-order valence-electron chi connectivity index (χ3n) is 9.15. The molecule has 190 valence electrons. The van der Waals surface area contributed by atoms with E-state index >= 15 is 0 Å². The van der Waals surface area contributed by atoms with E-state index < -0.39 is 0 Å². The van der Waals surface area contributed by atoms with Gasteiger partial charge in [-0.05, 0) is 105 Å². The van der Waals surface area contributed by atoms with Crippen LogP contribution in [0.3, 0.4) is 0 Å². The summed E-state index contributed by atoms with van der Waals surface area (Å²) in [4.78, 5) is 0. The minimum absolute atomic E-state index is 0.830. The summed E-state index contributed by atoms with van der Waals surface area (Å²) >= 11 is 0. The topological polar surface area (TPSA) is 0 Å². The molecule has 0 bridgehead atoms. The molecule has 2 atom stereocenters. The molecular weight excluding hydrogens is 432 g/mol. The molecule has 0 heterocycles. The highest BCUT2D eigenvalue weighted by molar-refractivity contribution is 5.85. The van der Waals surface area contributed by atoms with Crippen molar-refractivity contribution in [2.75, 3.05) is 0 Å². The van der Waals surface area contributed by atoms with Crippen LogP contribution in [0.2, 0.25) is 0 Å². The standard InChI is InChI=1S/C36H46/c1-5-9-11-25(7-3)17-27-13-15-33-29(19-27)21-31-23-36-32(24-35(31)33)22-30-20-28(14-16-34(30)36)18-26(8-4)12-10-6-2/h13-16,19-20,23-26H,5-12,17-18,21-22H2,1-4H3. The fourth-order valence-corrected chi connectivity index (χ4v) is 6.81. The van der Waals surface area contributed by atoms with Gasteiger partial charge in [0, 0.05) is 0 Å². The van der Waals surface area contributed by atoms with E-state index in [4.69, 9.17) is 0 Å². The lowest BCUT2D eigenvalue weighted by molar-refractivity contribution is 0.449. The first-order valence-electron chi connectivity index (χ1n) is 15.0. The van der Waals surface area contributed by atoms with Gasteiger partial charge in [-0.15, -0.1) is 0 Å². The molecule has 3 aromatic carbocycles. The Bertz CT molecular complexity index is 1100. The number of benzene rings is 3. The number of unbranched alkanes of at least 4 members (excludes halogenated alkanes) is 2. The number of hydrogen-bond acceptors (Lipinski definition) is 0. The summed E-state index contributed by atoms with van der Waals surface area (Å²) < 4.78 is 0. The van der Waals surface area contributed by atoms with Crippen LogP contribution < -0.4 is 0 Å². The minimum atomic E-state index is 0.830. The summed E-state index contributed by atoms with van der Waals surface area (Å²) in [7, 11) is 0. The summed E-state index contributed by atoms with van der Waals surface area (Å²) in [5.41, 5.74) is 15.2. The first-order chi connectivity index (χ1) is 17.6. The van der Waals surface area contributed by atoms with Crippen molar-refractivity contribution in [3.8, 4) is 22.3 Å². The molecule has 0 aromatic heterocycles. The molecule has 0 saturated heterocycles. The SMILES string of the molecule is CCCCC(CC)Cc1ccc2c(c1)Cc1cc3c(cc1-2)Cc1cc(CC(CC)CCCC)ccc1-3. The quantitative estimate of drug-likeness (QED) is 0.167. The van der Waals surface area contributed by atoms with Crippen LogP contribution in [-0.2, 0) is 25.7 Å². The number of hydrogen-bond donors (Lipinski definition) is 0. The zero-order chi connectivity index (χ0) is 25.1. The second-order valence-corrected chi connectivity index (χ2v) is 11.7. The highest BCUT2D eigenvalue weighted by atomic mass is 14.3. The Morgan fingerprint density at radius 2 is 0.944 bits per heavy atom. The normalized spacial score (nSPS) is 14.8. The summed E-state index contributed by atoms with van der Waals surface area (Å²) in [6.07, 6.45) is 15.3. The lowest BCUT2D eigenvalue weighted by Gasteiger charge is -2.15. The van der Waals surface area contributed by atoms with E-state index in [0.29, 0.717) is 0 Å². The average molecular weight is 479 g/mol. The van der Waals surface area contributed by atoms with E-state index in [2.05, 4.69) is 76.2 Å². The Morgan fingerprint density at radius 3 is 1.33 bits per heavy atom. The summed E-state index contributed by atoms with van der Waals surface area (Å²) in [6, 6.07) is 19.8. The molecule has 0 nitrogen and oxygen atoms in total. The molecule has 0 fully saturated rings. The zero-order valence-corrected chi connectivity index (χ0v) is 23.3. The van der Waals surface area contributed by atoms with Crippen LogP contribution in [0.15, 0.2) is 48.5 Å². The summed E-state index contributed by atoms with van der Waals surface area (Å²) in [5.74, 6) is 1.66. The van der Waals surface area contributed by atoms with Crippen molar-refractivity contribution in [3.63, 3.8) is 0 Å². The van der Waals surface area contributed by atoms with Gasteiger partial charge in [-0.2, -0.15) is 0 Å². The van der Waals surface area contributed by atoms with Crippen molar-refractivity contribution in [3.05, 3.63) is 81.9 Å². The molecule has 0 N–H and O–H groups in total. The van der Waals surface area contributed by atoms with E-state index in [1.54, 1.807) is 22.3 Å². The second kappa shape index (κ2) is 11.4. The van der Waals surface area contributed by atoms with Gasteiger partial charge in [0.15, 0.2) is 0 Å². The molecule has 0 heteroatoms. The van der Waals surface area contributed by atoms with Crippen molar-refractivity contribution >= 4 is 0 Å². The van der Waals surface area contributed by atoms with Gasteiger partial charge in [0.05, 0.1) is 0 Å². The Hall–Kier alpha value is -2.34. The first-order valence-corrected chi connectivity index (χ1v) is 15.0. The lowest BCUT2D eigenvalue weighted by Crippen LogP contribution is -2.03. The second-order valence-electron chi connectivity index (χ2n) is 11.7. The van der Waals surface area contributed by atoms with Crippen molar-refractivity contribution < 1.29 is 0 Å². The van der Waals surface area contributed by atoms with E-state index in [-0.39, 0.29) is 0 Å². The van der Waals surface area contributed by atoms with Crippen LogP contribution in [0.5, 0.6) is 0 Å². The summed E-state index contributed by atoms with van der Waals surface area (Å²) in [6.45, 7) is 9.34. The Labute approximate surface area is 220 Å². The highest BCUT2D eigenvalue weighted by Gasteiger charge is 2.26. The van der Waals surface area contributed by atoms with Crippen LogP contribution in [0, 0.1) is 11.8 Å². The molecule has 0 aliphatic heterocycles. The zero-order valence-electron chi connectivity index (χ0n) is 23.3. The molecule has 0 radical (unpaired) electrons. The van der Waals surface area contributed by atoms with Crippen molar-refractivity contribution in [1.82, 2.24) is 0 Å². The van der Waals surface area contributed by atoms with E-state index in [1.807, 2.05) is 0 Å². The molecule has 36 heavy (non-hydrogen) atoms. The Morgan fingerprint density at radius 1 is 0.528 bits per heavy atom. The van der Waals surface area contributed by atoms with Gasteiger partial charge >= 0.3 is 0 Å². The third kappa shape index (κ3) is 5.20. The number of fused-ring (bicyclic) bond motifs is 6. The molecule has 2 aliphatic rings. The van der Waals surface area contributed by atoms with Crippen molar-refractivity contribution in [2.45, 2.75) is 105 Å². The van der Waals surface area contributed by atoms with Gasteiger partial charge in [-0.1, -0.05) is 115 Å². The van der Waals surface area contributed by atoms with E-state index in [9.17, 15) is 0 Å². The van der Waals surface area contributed by atoms with Crippen LogP contribution >= 0.6 is 0 Å². The fourth-order valence-electron chi connectivity index (χ4n) is 6.81. The smallest absolute Gasteiger partial charge is 0.00131 e. The van der Waals surface area contributed by atoms with Gasteiger partial charge in [-0.3, -0.25) is 0 Å². The maximum atomic E-state index is 2.53. The van der Waals surface area contributed by atoms with Gasteiger partial charge in [0.2, 0.25) is 0 Å². The third-order valence-corrected chi connectivity index (χ3v) is 9.15. The van der Waals surface area contributed by atoms with Crippen LogP contribution in [0.25, 0.3) is 22.3 Å². The molecule has 2 unspecified atom stereocenters. The fraction of sp³-hybridized carbons (Fsp3) is 0.500. The monoisotopic (exact) mass is 478 g/mol. The lowest BCUT2D eigenvalue weighted by atomic mass is 9.90. The predicted octanol–water partition coefficient (Wildman–Crippen LogP) is 10.3. The van der Waals surface area contributed by atoms with Crippen LogP contribution in [0.1, 0.15) is 112 Å². The molecule has 0 spiro atoms. The predicted molar refractivity (Wildman–Crippen MR) is 157 cm³/mol. The maximum absolute atomic E-state index is 2.53. The molecule has 5 rings (SSSR count). The van der Waals surface area contributed by atoms with Crippen LogP contribution in [-0.4, -0.2) is 0 Å². The van der Waals surface area contributed by atoms with Gasteiger partial charge in [0.1, 0.15) is 0 Å². The highest BCUT2D eigenvalue weighted by Crippen LogP contribution is 2.45. The maximum Gasteiger partial charge on any atom is -0.00131 e. The van der Waals surface area contributed by atoms with Gasteiger partial charge in [-0.25, -0.2) is 0 Å². The number of rotatable bonds is 12. The molecular formula is C36H46. The summed E-state index contributed by atoms with van der Waals surface area (Å²) in [5, 5.41) is 0. The Kier molecular flexibility index (Phi) is 8.00. The van der Waals surface area contributed by atoms with E-state index in [0.717, 1.165) is 24.7 Å². The average Bonchev–Trinajstić information content (AvgIpc) is 3.43. The molecule has 3 aromatic rings. The van der Waals surface area contributed by atoms with Crippen molar-refractivity contribution in [1.29, 1.82) is 0 Å². The van der Waals surface area contributed by atoms with E-state index in [1.165, 1.54) is 97.6 Å². The molecule has 0 amide bonds. The molecule has 0 saturated carbocycles. The largest absolute Gasteiger partial charge is 0.0654 e. The van der Waals surface area contributed by atoms with Crippen LogP contribution in [0.4, 0.5) is 0 Å². The van der Waals surface area contributed by atoms with Crippen molar-refractivity contribution in [2.24, 2.45) is 11.8 Å². The Balaban J connectivity index is 1.33. The van der Waals surface area contributed by atoms with Gasteiger partial charge < -0.3 is 0 Å².